The van der Waals surface area contributed by atoms with Crippen LogP contribution in [0.15, 0.2) is 24.4 Å². The summed E-state index contributed by atoms with van der Waals surface area (Å²) in [6.45, 7) is 7.42. The van der Waals surface area contributed by atoms with E-state index >= 15 is 0 Å². The van der Waals surface area contributed by atoms with Crippen LogP contribution in [-0.2, 0) is 0 Å². The standard InChI is InChI=1S/C16H23N3/c1-5-13(9-17-4)16-18-10-15(19-16)14-7-6-11(2)8-12(14)3/h6-8,10,13,17H,5,9H2,1-4H3,(H,18,19). The van der Waals surface area contributed by atoms with Gasteiger partial charge in [-0.05, 0) is 32.9 Å². The Morgan fingerprint density at radius 3 is 2.74 bits per heavy atom. The van der Waals surface area contributed by atoms with Crippen molar-refractivity contribution in [2.45, 2.75) is 33.1 Å². The molecule has 19 heavy (non-hydrogen) atoms. The van der Waals surface area contributed by atoms with Crippen molar-refractivity contribution in [3.8, 4) is 11.3 Å². The van der Waals surface area contributed by atoms with Crippen LogP contribution in [-0.4, -0.2) is 23.6 Å². The van der Waals surface area contributed by atoms with Gasteiger partial charge in [-0.2, -0.15) is 0 Å². The van der Waals surface area contributed by atoms with Gasteiger partial charge in [-0.3, -0.25) is 0 Å². The molecule has 0 aliphatic rings. The zero-order chi connectivity index (χ0) is 13.8. The Morgan fingerprint density at radius 2 is 2.11 bits per heavy atom. The number of hydrogen-bond donors (Lipinski definition) is 2. The van der Waals surface area contributed by atoms with E-state index in [4.69, 9.17) is 0 Å². The Hall–Kier alpha value is -1.61. The zero-order valence-corrected chi connectivity index (χ0v) is 12.2. The summed E-state index contributed by atoms with van der Waals surface area (Å²) in [6, 6.07) is 6.52. The van der Waals surface area contributed by atoms with E-state index in [-0.39, 0.29) is 0 Å². The van der Waals surface area contributed by atoms with Crippen LogP contribution in [0.5, 0.6) is 0 Å². The lowest BCUT2D eigenvalue weighted by Crippen LogP contribution is -2.17. The Bertz CT molecular complexity index is 543. The fourth-order valence-electron chi connectivity index (χ4n) is 2.48. The molecule has 3 nitrogen and oxygen atoms in total. The van der Waals surface area contributed by atoms with E-state index in [2.05, 4.69) is 54.3 Å². The summed E-state index contributed by atoms with van der Waals surface area (Å²) in [7, 11) is 1.98. The second-order valence-corrected chi connectivity index (χ2v) is 5.16. The molecule has 0 aliphatic heterocycles. The van der Waals surface area contributed by atoms with Crippen LogP contribution >= 0.6 is 0 Å². The summed E-state index contributed by atoms with van der Waals surface area (Å²) in [4.78, 5) is 8.02. The normalized spacial score (nSPS) is 12.6. The number of hydrogen-bond acceptors (Lipinski definition) is 2. The summed E-state index contributed by atoms with van der Waals surface area (Å²) in [6.07, 6.45) is 3.03. The van der Waals surface area contributed by atoms with E-state index in [0.717, 1.165) is 24.5 Å². The summed E-state index contributed by atoms with van der Waals surface area (Å²) in [5, 5.41) is 3.23. The minimum absolute atomic E-state index is 0.449. The molecule has 1 heterocycles. The monoisotopic (exact) mass is 257 g/mol. The molecular weight excluding hydrogens is 234 g/mol. The first-order valence-corrected chi connectivity index (χ1v) is 6.92. The highest BCUT2D eigenvalue weighted by Gasteiger charge is 2.13. The quantitative estimate of drug-likeness (QED) is 0.862. The molecule has 0 spiro atoms. The predicted molar refractivity (Wildman–Crippen MR) is 80.5 cm³/mol. The van der Waals surface area contributed by atoms with Gasteiger partial charge in [-0.25, -0.2) is 4.98 Å². The highest BCUT2D eigenvalue weighted by atomic mass is 14.9. The minimum Gasteiger partial charge on any atom is -0.342 e. The molecule has 2 rings (SSSR count). The number of H-pyrrole nitrogens is 1. The Morgan fingerprint density at radius 1 is 1.32 bits per heavy atom. The highest BCUT2D eigenvalue weighted by Crippen LogP contribution is 2.25. The molecule has 0 bridgehead atoms. The predicted octanol–water partition coefficient (Wildman–Crippen LogP) is 3.41. The molecule has 1 aromatic heterocycles. The van der Waals surface area contributed by atoms with Crippen molar-refractivity contribution in [2.75, 3.05) is 13.6 Å². The van der Waals surface area contributed by atoms with Crippen molar-refractivity contribution in [3.05, 3.63) is 41.3 Å². The number of aromatic amines is 1. The van der Waals surface area contributed by atoms with Crippen LogP contribution in [0.25, 0.3) is 11.3 Å². The first kappa shape index (κ1) is 13.8. The van der Waals surface area contributed by atoms with Gasteiger partial charge in [0.15, 0.2) is 0 Å². The summed E-state index contributed by atoms with van der Waals surface area (Å²) < 4.78 is 0. The zero-order valence-electron chi connectivity index (χ0n) is 12.2. The molecule has 1 atom stereocenters. The lowest BCUT2D eigenvalue weighted by molar-refractivity contribution is 0.586. The Kier molecular flexibility index (Phi) is 4.38. The number of benzene rings is 1. The third-order valence-electron chi connectivity index (χ3n) is 3.60. The van der Waals surface area contributed by atoms with Gasteiger partial charge in [-0.1, -0.05) is 30.7 Å². The molecule has 0 saturated carbocycles. The third kappa shape index (κ3) is 3.04. The topological polar surface area (TPSA) is 40.7 Å². The van der Waals surface area contributed by atoms with Gasteiger partial charge >= 0.3 is 0 Å². The number of rotatable bonds is 5. The van der Waals surface area contributed by atoms with E-state index in [0.29, 0.717) is 5.92 Å². The number of nitrogens with zero attached hydrogens (tertiary/aromatic N) is 1. The highest BCUT2D eigenvalue weighted by molar-refractivity contribution is 5.63. The largest absolute Gasteiger partial charge is 0.342 e. The molecule has 2 aromatic rings. The van der Waals surface area contributed by atoms with E-state index in [9.17, 15) is 0 Å². The number of aromatic nitrogens is 2. The van der Waals surface area contributed by atoms with Crippen LogP contribution in [0.2, 0.25) is 0 Å². The first-order valence-electron chi connectivity index (χ1n) is 6.92. The van der Waals surface area contributed by atoms with Gasteiger partial charge in [0, 0.05) is 18.0 Å². The fourth-order valence-corrected chi connectivity index (χ4v) is 2.48. The molecule has 0 amide bonds. The Labute approximate surface area is 115 Å². The average Bonchev–Trinajstić information content (AvgIpc) is 2.85. The molecule has 1 aromatic carbocycles. The van der Waals surface area contributed by atoms with E-state index in [1.54, 1.807) is 0 Å². The average molecular weight is 257 g/mol. The molecule has 3 heteroatoms. The number of likely N-dealkylation sites (N-methyl/N-ethyl adjacent to an activating group) is 1. The number of aryl methyl sites for hydroxylation is 2. The molecule has 0 saturated heterocycles. The van der Waals surface area contributed by atoms with Crippen molar-refractivity contribution in [2.24, 2.45) is 0 Å². The second kappa shape index (κ2) is 6.02. The van der Waals surface area contributed by atoms with Gasteiger partial charge in [0.05, 0.1) is 11.9 Å². The summed E-state index contributed by atoms with van der Waals surface area (Å²) in [5.74, 6) is 1.52. The maximum Gasteiger partial charge on any atom is 0.110 e. The lowest BCUT2D eigenvalue weighted by Gasteiger charge is -2.11. The van der Waals surface area contributed by atoms with Crippen molar-refractivity contribution in [1.29, 1.82) is 0 Å². The molecule has 102 valence electrons. The van der Waals surface area contributed by atoms with Crippen LogP contribution in [0.1, 0.15) is 36.2 Å². The van der Waals surface area contributed by atoms with E-state index in [1.165, 1.54) is 16.7 Å². The van der Waals surface area contributed by atoms with Gasteiger partial charge in [0.2, 0.25) is 0 Å². The van der Waals surface area contributed by atoms with E-state index < -0.39 is 0 Å². The van der Waals surface area contributed by atoms with E-state index in [1.807, 2.05) is 13.2 Å². The third-order valence-corrected chi connectivity index (χ3v) is 3.60. The van der Waals surface area contributed by atoms with Crippen molar-refractivity contribution < 1.29 is 0 Å². The summed E-state index contributed by atoms with van der Waals surface area (Å²) >= 11 is 0. The van der Waals surface area contributed by atoms with Gasteiger partial charge in [0.25, 0.3) is 0 Å². The van der Waals surface area contributed by atoms with Crippen LogP contribution in [0.4, 0.5) is 0 Å². The Balaban J connectivity index is 2.29. The second-order valence-electron chi connectivity index (χ2n) is 5.16. The number of imidazole rings is 1. The lowest BCUT2D eigenvalue weighted by atomic mass is 10.0. The van der Waals surface area contributed by atoms with Crippen molar-refractivity contribution in [1.82, 2.24) is 15.3 Å². The SMILES string of the molecule is CCC(CNC)c1ncc(-c2ccc(C)cc2C)[nH]1. The molecule has 0 fully saturated rings. The van der Waals surface area contributed by atoms with Gasteiger partial charge < -0.3 is 10.3 Å². The van der Waals surface area contributed by atoms with Gasteiger partial charge in [-0.15, -0.1) is 0 Å². The summed E-state index contributed by atoms with van der Waals surface area (Å²) in [5.41, 5.74) is 4.94. The van der Waals surface area contributed by atoms with Crippen LogP contribution in [0.3, 0.4) is 0 Å². The molecular formula is C16H23N3. The molecule has 0 aliphatic carbocycles. The number of nitrogens with one attached hydrogen (secondary N) is 2. The van der Waals surface area contributed by atoms with Crippen LogP contribution in [0, 0.1) is 13.8 Å². The van der Waals surface area contributed by atoms with Gasteiger partial charge in [0.1, 0.15) is 5.82 Å². The fraction of sp³-hybridized carbons (Fsp3) is 0.438. The van der Waals surface area contributed by atoms with Crippen molar-refractivity contribution >= 4 is 0 Å². The van der Waals surface area contributed by atoms with Crippen LogP contribution < -0.4 is 5.32 Å². The smallest absolute Gasteiger partial charge is 0.110 e. The maximum atomic E-state index is 4.55. The molecule has 2 N–H and O–H groups in total. The molecule has 0 radical (unpaired) electrons. The molecule has 1 unspecified atom stereocenters. The maximum absolute atomic E-state index is 4.55. The van der Waals surface area contributed by atoms with Crippen molar-refractivity contribution in [3.63, 3.8) is 0 Å². The first-order chi connectivity index (χ1) is 9.15. The minimum atomic E-state index is 0.449.